The smallest absolute Gasteiger partial charge is 0.326 e. The highest BCUT2D eigenvalue weighted by Crippen LogP contribution is 2.16. The number of aliphatic hydroxyl groups is 1. The molecule has 2 rings (SSSR count). The topological polar surface area (TPSA) is 78.9 Å². The molecular weight excluding hydrogens is 236 g/mol. The zero-order valence-electron chi connectivity index (χ0n) is 9.92. The van der Waals surface area contributed by atoms with Gasteiger partial charge in [-0.1, -0.05) is 12.1 Å². The van der Waals surface area contributed by atoms with E-state index in [1.165, 1.54) is 0 Å². The number of amides is 3. The summed E-state index contributed by atoms with van der Waals surface area (Å²) >= 11 is 0. The number of carbonyl (C=O) groups excluding carboxylic acids is 2. The number of urea groups is 1. The summed E-state index contributed by atoms with van der Waals surface area (Å²) in [7, 11) is 1.55. The molecule has 0 aliphatic carbocycles. The highest BCUT2D eigenvalue weighted by Gasteiger charge is 2.30. The third kappa shape index (κ3) is 2.60. The molecule has 1 heterocycles. The molecule has 1 aromatic carbocycles. The van der Waals surface area contributed by atoms with Crippen molar-refractivity contribution >= 4 is 11.9 Å². The Morgan fingerprint density at radius 2 is 2.28 bits per heavy atom. The van der Waals surface area contributed by atoms with E-state index in [4.69, 9.17) is 4.74 Å². The van der Waals surface area contributed by atoms with Gasteiger partial charge in [0.05, 0.1) is 20.1 Å². The molecule has 0 saturated carbocycles. The molecule has 6 heteroatoms. The molecule has 3 amide bonds. The molecule has 1 saturated heterocycles. The summed E-state index contributed by atoms with van der Waals surface area (Å²) in [4.78, 5) is 24.3. The molecule has 0 aromatic heterocycles. The Balaban J connectivity index is 2.12. The van der Waals surface area contributed by atoms with E-state index in [1.807, 2.05) is 0 Å². The molecule has 1 fully saturated rings. The van der Waals surface area contributed by atoms with Crippen molar-refractivity contribution in [2.45, 2.75) is 19.2 Å². The van der Waals surface area contributed by atoms with Gasteiger partial charge in [0.2, 0.25) is 5.91 Å². The van der Waals surface area contributed by atoms with Gasteiger partial charge in [0, 0.05) is 0 Å². The highest BCUT2D eigenvalue weighted by molar-refractivity contribution is 5.96. The fraction of sp³-hybridized carbons (Fsp3) is 0.333. The van der Waals surface area contributed by atoms with Gasteiger partial charge in [-0.25, -0.2) is 4.79 Å². The fourth-order valence-corrected chi connectivity index (χ4v) is 1.77. The standard InChI is InChI=1S/C12H14N2O4/c1-18-9-4-2-3-8(5-9)7-14-11(16)6-10(15)13-12(14)17/h2-5,10,15H,6-7H2,1H3,(H,13,17). The van der Waals surface area contributed by atoms with Crippen molar-refractivity contribution in [3.8, 4) is 5.75 Å². The Hall–Kier alpha value is -2.08. The van der Waals surface area contributed by atoms with E-state index >= 15 is 0 Å². The molecule has 0 spiro atoms. The lowest BCUT2D eigenvalue weighted by Crippen LogP contribution is -2.54. The van der Waals surface area contributed by atoms with Crippen molar-refractivity contribution in [2.75, 3.05) is 7.11 Å². The van der Waals surface area contributed by atoms with Crippen LogP contribution < -0.4 is 10.1 Å². The molecule has 96 valence electrons. The monoisotopic (exact) mass is 250 g/mol. The summed E-state index contributed by atoms with van der Waals surface area (Å²) in [5.74, 6) is 0.270. The number of carbonyl (C=O) groups is 2. The molecule has 0 radical (unpaired) electrons. The lowest BCUT2D eigenvalue weighted by Gasteiger charge is -2.28. The first kappa shape index (κ1) is 12.4. The van der Waals surface area contributed by atoms with E-state index in [1.54, 1.807) is 31.4 Å². The van der Waals surface area contributed by atoms with Crippen LogP contribution in [0.2, 0.25) is 0 Å². The summed E-state index contributed by atoms with van der Waals surface area (Å²) in [5.41, 5.74) is 0.786. The number of nitrogens with zero attached hydrogens (tertiary/aromatic N) is 1. The molecule has 18 heavy (non-hydrogen) atoms. The second kappa shape index (κ2) is 5.05. The van der Waals surface area contributed by atoms with Crippen LogP contribution in [0.3, 0.4) is 0 Å². The van der Waals surface area contributed by atoms with Crippen LogP contribution in [0.1, 0.15) is 12.0 Å². The van der Waals surface area contributed by atoms with E-state index in [2.05, 4.69) is 5.32 Å². The summed E-state index contributed by atoms with van der Waals surface area (Å²) in [5, 5.41) is 11.5. The first-order valence-corrected chi connectivity index (χ1v) is 5.52. The minimum Gasteiger partial charge on any atom is -0.497 e. The largest absolute Gasteiger partial charge is 0.497 e. The van der Waals surface area contributed by atoms with Crippen LogP contribution in [0.5, 0.6) is 5.75 Å². The number of methoxy groups -OCH3 is 1. The number of imide groups is 1. The van der Waals surface area contributed by atoms with Gasteiger partial charge in [0.1, 0.15) is 12.0 Å². The molecule has 2 N–H and O–H groups in total. The number of aliphatic hydroxyl groups excluding tert-OH is 1. The molecule has 0 bridgehead atoms. The molecule has 1 aromatic rings. The summed E-state index contributed by atoms with van der Waals surface area (Å²) < 4.78 is 5.07. The van der Waals surface area contributed by atoms with Gasteiger partial charge >= 0.3 is 6.03 Å². The van der Waals surface area contributed by atoms with Gasteiger partial charge in [-0.05, 0) is 17.7 Å². The summed E-state index contributed by atoms with van der Waals surface area (Å²) in [6.07, 6.45) is -1.19. The van der Waals surface area contributed by atoms with Gasteiger partial charge in [-0.15, -0.1) is 0 Å². The summed E-state index contributed by atoms with van der Waals surface area (Å²) in [6.45, 7) is 0.161. The predicted molar refractivity (Wildman–Crippen MR) is 62.7 cm³/mol. The van der Waals surface area contributed by atoms with Crippen LogP contribution in [-0.2, 0) is 11.3 Å². The van der Waals surface area contributed by atoms with Gasteiger partial charge in [0.25, 0.3) is 0 Å². The predicted octanol–water partition coefficient (Wildman–Crippen LogP) is 0.456. The Morgan fingerprint density at radius 1 is 1.50 bits per heavy atom. The maximum absolute atomic E-state index is 11.6. The fourth-order valence-electron chi connectivity index (χ4n) is 1.77. The first-order valence-electron chi connectivity index (χ1n) is 5.52. The van der Waals surface area contributed by atoms with E-state index in [0.717, 1.165) is 10.5 Å². The van der Waals surface area contributed by atoms with Gasteiger partial charge in [-0.3, -0.25) is 9.69 Å². The quantitative estimate of drug-likeness (QED) is 0.816. The van der Waals surface area contributed by atoms with Crippen LogP contribution in [-0.4, -0.2) is 35.3 Å². The molecule has 6 nitrogen and oxygen atoms in total. The van der Waals surface area contributed by atoms with E-state index < -0.39 is 18.2 Å². The lowest BCUT2D eigenvalue weighted by molar-refractivity contribution is -0.133. The van der Waals surface area contributed by atoms with Crippen LogP contribution >= 0.6 is 0 Å². The average Bonchev–Trinajstić information content (AvgIpc) is 2.34. The normalized spacial score (nSPS) is 19.7. The Bertz CT molecular complexity index is 457. The van der Waals surface area contributed by atoms with E-state index in [0.29, 0.717) is 5.75 Å². The maximum Gasteiger partial charge on any atom is 0.326 e. The minimum absolute atomic E-state index is 0.101. The molecule has 1 aliphatic rings. The van der Waals surface area contributed by atoms with E-state index in [-0.39, 0.29) is 13.0 Å². The zero-order chi connectivity index (χ0) is 13.1. The van der Waals surface area contributed by atoms with Crippen LogP contribution in [0.15, 0.2) is 24.3 Å². The second-order valence-corrected chi connectivity index (χ2v) is 4.00. The second-order valence-electron chi connectivity index (χ2n) is 4.00. The van der Waals surface area contributed by atoms with Crippen molar-refractivity contribution in [1.82, 2.24) is 10.2 Å². The Morgan fingerprint density at radius 3 is 2.94 bits per heavy atom. The molecule has 1 atom stereocenters. The zero-order valence-corrected chi connectivity index (χ0v) is 9.92. The van der Waals surface area contributed by atoms with Crippen molar-refractivity contribution in [1.29, 1.82) is 0 Å². The highest BCUT2D eigenvalue weighted by atomic mass is 16.5. The van der Waals surface area contributed by atoms with Crippen LogP contribution in [0, 0.1) is 0 Å². The summed E-state index contributed by atoms with van der Waals surface area (Å²) in [6, 6.07) is 6.54. The van der Waals surface area contributed by atoms with Crippen LogP contribution in [0.25, 0.3) is 0 Å². The number of nitrogens with one attached hydrogen (secondary N) is 1. The maximum atomic E-state index is 11.6. The van der Waals surface area contributed by atoms with Gasteiger partial charge in [-0.2, -0.15) is 0 Å². The van der Waals surface area contributed by atoms with Crippen molar-refractivity contribution < 1.29 is 19.4 Å². The van der Waals surface area contributed by atoms with Gasteiger partial charge < -0.3 is 15.2 Å². The number of rotatable bonds is 3. The Labute approximate surface area is 104 Å². The number of hydrogen-bond donors (Lipinski definition) is 2. The number of hydrogen-bond acceptors (Lipinski definition) is 4. The number of benzene rings is 1. The van der Waals surface area contributed by atoms with E-state index in [9.17, 15) is 14.7 Å². The van der Waals surface area contributed by atoms with Gasteiger partial charge in [0.15, 0.2) is 0 Å². The SMILES string of the molecule is COc1cccc(CN2C(=O)CC(O)NC2=O)c1. The lowest BCUT2D eigenvalue weighted by atomic mass is 10.2. The first-order chi connectivity index (χ1) is 8.60. The van der Waals surface area contributed by atoms with Crippen molar-refractivity contribution in [3.05, 3.63) is 29.8 Å². The third-order valence-corrected chi connectivity index (χ3v) is 2.68. The average molecular weight is 250 g/mol. The van der Waals surface area contributed by atoms with Crippen molar-refractivity contribution in [3.63, 3.8) is 0 Å². The minimum atomic E-state index is -1.09. The molecule has 1 unspecified atom stereocenters. The third-order valence-electron chi connectivity index (χ3n) is 2.68. The number of ether oxygens (including phenoxy) is 1. The van der Waals surface area contributed by atoms with Crippen molar-refractivity contribution in [2.24, 2.45) is 0 Å². The molecule has 1 aliphatic heterocycles. The van der Waals surface area contributed by atoms with Crippen LogP contribution in [0.4, 0.5) is 4.79 Å². The molecular formula is C12H14N2O4. The Kier molecular flexibility index (Phi) is 3.47.